The molecule has 0 amide bonds. The molecule has 4 nitrogen and oxygen atoms in total. The number of hydrogen-bond acceptors (Lipinski definition) is 3. The van der Waals surface area contributed by atoms with E-state index in [4.69, 9.17) is 4.74 Å². The van der Waals surface area contributed by atoms with E-state index in [-0.39, 0.29) is 0 Å². The number of nitrogens with zero attached hydrogens (tertiary/aromatic N) is 3. The fourth-order valence-corrected chi connectivity index (χ4v) is 3.05. The van der Waals surface area contributed by atoms with Gasteiger partial charge < -0.3 is 9.30 Å². The van der Waals surface area contributed by atoms with Crippen molar-refractivity contribution in [1.29, 1.82) is 0 Å². The molecule has 118 valence electrons. The van der Waals surface area contributed by atoms with Gasteiger partial charge in [0.05, 0.1) is 13.2 Å². The maximum atomic E-state index is 5.39. The summed E-state index contributed by atoms with van der Waals surface area (Å²) in [5.41, 5.74) is 1.30. The number of aromatic nitrogens is 2. The molecule has 1 aromatic heterocycles. The van der Waals surface area contributed by atoms with Gasteiger partial charge in [-0.15, -0.1) is 0 Å². The number of hydrogen-bond donors (Lipinski definition) is 0. The first-order valence-electron chi connectivity index (χ1n) is 7.86. The van der Waals surface area contributed by atoms with Crippen molar-refractivity contribution >= 4 is 15.9 Å². The molecular weight excluding hydrogens is 342 g/mol. The van der Waals surface area contributed by atoms with Gasteiger partial charge in [0.1, 0.15) is 5.82 Å². The number of halogens is 1. The topological polar surface area (TPSA) is 30.3 Å². The lowest BCUT2D eigenvalue weighted by Crippen LogP contribution is -2.37. The molecule has 0 atom stereocenters. The Bertz CT molecular complexity index is 576. The van der Waals surface area contributed by atoms with Crippen molar-refractivity contribution in [2.45, 2.75) is 19.4 Å². The van der Waals surface area contributed by atoms with Gasteiger partial charge in [-0.05, 0) is 24.1 Å². The van der Waals surface area contributed by atoms with Gasteiger partial charge in [-0.3, -0.25) is 4.90 Å². The predicted molar refractivity (Wildman–Crippen MR) is 91.1 cm³/mol. The lowest BCUT2D eigenvalue weighted by atomic mass is 10.1. The Morgan fingerprint density at radius 1 is 1.09 bits per heavy atom. The summed E-state index contributed by atoms with van der Waals surface area (Å²) in [5.74, 6) is 1.14. The van der Waals surface area contributed by atoms with Crippen LogP contribution in [0.4, 0.5) is 0 Å². The van der Waals surface area contributed by atoms with E-state index in [1.165, 1.54) is 5.56 Å². The Kier molecular flexibility index (Phi) is 5.64. The molecule has 0 saturated carbocycles. The molecule has 0 N–H and O–H groups in total. The third-order valence-corrected chi connectivity index (χ3v) is 4.58. The van der Waals surface area contributed by atoms with Crippen LogP contribution in [0.2, 0.25) is 0 Å². The molecule has 0 unspecified atom stereocenters. The summed E-state index contributed by atoms with van der Waals surface area (Å²) in [7, 11) is 0. The van der Waals surface area contributed by atoms with Crippen LogP contribution in [0.25, 0.3) is 0 Å². The first-order chi connectivity index (χ1) is 10.8. The van der Waals surface area contributed by atoms with Crippen LogP contribution >= 0.6 is 15.9 Å². The van der Waals surface area contributed by atoms with Crippen molar-refractivity contribution < 1.29 is 4.74 Å². The summed E-state index contributed by atoms with van der Waals surface area (Å²) in [4.78, 5) is 7.00. The molecule has 0 radical (unpaired) electrons. The second kappa shape index (κ2) is 7.90. The fourth-order valence-electron chi connectivity index (χ4n) is 2.79. The minimum absolute atomic E-state index is 0.875. The van der Waals surface area contributed by atoms with Crippen molar-refractivity contribution in [1.82, 2.24) is 14.5 Å². The van der Waals surface area contributed by atoms with Crippen LogP contribution in [0.15, 0.2) is 41.1 Å². The molecule has 1 saturated heterocycles. The lowest BCUT2D eigenvalue weighted by molar-refractivity contribution is 0.0369. The van der Waals surface area contributed by atoms with Crippen LogP contribution in [0.3, 0.4) is 0 Å². The van der Waals surface area contributed by atoms with Crippen LogP contribution in [-0.2, 0) is 17.7 Å². The number of benzene rings is 1. The second-order valence-corrected chi connectivity index (χ2v) is 6.56. The third-order valence-electron chi connectivity index (χ3n) is 4.05. The maximum absolute atomic E-state index is 5.39. The molecule has 2 aromatic rings. The highest BCUT2D eigenvalue weighted by Gasteiger charge is 2.10. The molecule has 1 aromatic carbocycles. The van der Waals surface area contributed by atoms with E-state index in [0.717, 1.165) is 62.5 Å². The zero-order valence-electron chi connectivity index (χ0n) is 12.7. The highest BCUT2D eigenvalue weighted by atomic mass is 79.9. The zero-order valence-corrected chi connectivity index (χ0v) is 14.3. The van der Waals surface area contributed by atoms with Gasteiger partial charge in [-0.2, -0.15) is 0 Å². The summed E-state index contributed by atoms with van der Waals surface area (Å²) in [6.07, 6.45) is 6.04. The average molecular weight is 364 g/mol. The van der Waals surface area contributed by atoms with E-state index >= 15 is 0 Å². The van der Waals surface area contributed by atoms with Crippen molar-refractivity contribution in [2.24, 2.45) is 0 Å². The Morgan fingerprint density at radius 3 is 2.64 bits per heavy atom. The number of ether oxygens (including phenoxy) is 1. The van der Waals surface area contributed by atoms with Crippen molar-refractivity contribution in [3.8, 4) is 0 Å². The van der Waals surface area contributed by atoms with E-state index in [2.05, 4.69) is 60.8 Å². The molecule has 5 heteroatoms. The number of rotatable bonds is 6. The summed E-state index contributed by atoms with van der Waals surface area (Å²) in [5, 5.41) is 0. The van der Waals surface area contributed by atoms with Gasteiger partial charge in [-0.1, -0.05) is 28.1 Å². The molecule has 1 aliphatic heterocycles. The predicted octanol–water partition coefficient (Wildman–Crippen LogP) is 2.96. The molecular formula is C17H22BrN3O. The number of imidazole rings is 1. The molecule has 0 spiro atoms. The Morgan fingerprint density at radius 2 is 1.86 bits per heavy atom. The van der Waals surface area contributed by atoms with E-state index in [1.54, 1.807) is 0 Å². The summed E-state index contributed by atoms with van der Waals surface area (Å²) in [6, 6.07) is 8.47. The molecule has 0 bridgehead atoms. The first-order valence-corrected chi connectivity index (χ1v) is 8.65. The van der Waals surface area contributed by atoms with E-state index in [0.29, 0.717) is 0 Å². The smallest absolute Gasteiger partial charge is 0.113 e. The van der Waals surface area contributed by atoms with Crippen LogP contribution in [0.1, 0.15) is 17.8 Å². The normalized spacial score (nSPS) is 16.0. The molecule has 1 aliphatic rings. The minimum Gasteiger partial charge on any atom is -0.379 e. The molecule has 22 heavy (non-hydrogen) atoms. The van der Waals surface area contributed by atoms with Gasteiger partial charge in [0, 0.05) is 49.5 Å². The summed E-state index contributed by atoms with van der Waals surface area (Å²) < 4.78 is 8.78. The number of aryl methyl sites for hydroxylation is 1. The Labute approximate surface area is 140 Å². The summed E-state index contributed by atoms with van der Waals surface area (Å²) in [6.45, 7) is 6.05. The Hall–Kier alpha value is -1.17. The standard InChI is InChI=1S/C17H22BrN3O/c18-16-4-2-15(3-5-16)14-17-19-6-9-21(17)8-1-7-20-10-12-22-13-11-20/h2-6,9H,1,7-8,10-14H2. The minimum atomic E-state index is 0.875. The van der Waals surface area contributed by atoms with Crippen molar-refractivity contribution in [3.05, 3.63) is 52.5 Å². The first kappa shape index (κ1) is 15.7. The fraction of sp³-hybridized carbons (Fsp3) is 0.471. The van der Waals surface area contributed by atoms with Crippen molar-refractivity contribution in [2.75, 3.05) is 32.8 Å². The second-order valence-electron chi connectivity index (χ2n) is 5.65. The summed E-state index contributed by atoms with van der Waals surface area (Å²) >= 11 is 3.48. The largest absolute Gasteiger partial charge is 0.379 e. The molecule has 0 aliphatic carbocycles. The highest BCUT2D eigenvalue weighted by molar-refractivity contribution is 9.10. The monoisotopic (exact) mass is 363 g/mol. The highest BCUT2D eigenvalue weighted by Crippen LogP contribution is 2.14. The van der Waals surface area contributed by atoms with Gasteiger partial charge in [0.25, 0.3) is 0 Å². The van der Waals surface area contributed by atoms with Gasteiger partial charge in [-0.25, -0.2) is 4.98 Å². The maximum Gasteiger partial charge on any atom is 0.113 e. The Balaban J connectivity index is 1.52. The molecule has 3 rings (SSSR count). The average Bonchev–Trinajstić information content (AvgIpc) is 2.98. The van der Waals surface area contributed by atoms with Gasteiger partial charge in [0.2, 0.25) is 0 Å². The van der Waals surface area contributed by atoms with Crippen LogP contribution < -0.4 is 0 Å². The van der Waals surface area contributed by atoms with Crippen LogP contribution in [0.5, 0.6) is 0 Å². The van der Waals surface area contributed by atoms with Crippen molar-refractivity contribution in [3.63, 3.8) is 0 Å². The third kappa shape index (κ3) is 4.41. The van der Waals surface area contributed by atoms with E-state index in [1.807, 2.05) is 6.20 Å². The van der Waals surface area contributed by atoms with Gasteiger partial charge >= 0.3 is 0 Å². The zero-order chi connectivity index (χ0) is 15.2. The molecule has 1 fully saturated rings. The van der Waals surface area contributed by atoms with E-state index < -0.39 is 0 Å². The SMILES string of the molecule is Brc1ccc(Cc2nccn2CCCN2CCOCC2)cc1. The lowest BCUT2D eigenvalue weighted by Gasteiger charge is -2.26. The number of morpholine rings is 1. The molecule has 2 heterocycles. The van der Waals surface area contributed by atoms with E-state index in [9.17, 15) is 0 Å². The van der Waals surface area contributed by atoms with Crippen LogP contribution in [-0.4, -0.2) is 47.3 Å². The van der Waals surface area contributed by atoms with Crippen LogP contribution in [0, 0.1) is 0 Å². The quantitative estimate of drug-likeness (QED) is 0.790. The van der Waals surface area contributed by atoms with Gasteiger partial charge in [0.15, 0.2) is 0 Å².